The Morgan fingerprint density at radius 1 is 1.29 bits per heavy atom. The number of nitrogens with zero attached hydrogens (tertiary/aromatic N) is 3. The van der Waals surface area contributed by atoms with Gasteiger partial charge >= 0.3 is 6.01 Å². The highest BCUT2D eigenvalue weighted by molar-refractivity contribution is 5.13. The third kappa shape index (κ3) is 1.81. The zero-order chi connectivity index (χ0) is 11.7. The van der Waals surface area contributed by atoms with Gasteiger partial charge in [0.05, 0.1) is 6.61 Å². The molecule has 94 valence electrons. The maximum Gasteiger partial charge on any atom is 0.315 e. The summed E-state index contributed by atoms with van der Waals surface area (Å²) in [4.78, 5) is 4.51. The predicted molar refractivity (Wildman–Crippen MR) is 60.9 cm³/mol. The van der Waals surface area contributed by atoms with E-state index in [1.165, 1.54) is 0 Å². The molecule has 0 saturated carbocycles. The van der Waals surface area contributed by atoms with Crippen molar-refractivity contribution in [2.45, 2.75) is 31.2 Å². The highest BCUT2D eigenvalue weighted by Gasteiger charge is 2.38. The molecule has 0 spiro atoms. The van der Waals surface area contributed by atoms with Crippen molar-refractivity contribution in [3.8, 4) is 6.01 Å². The lowest BCUT2D eigenvalue weighted by Gasteiger charge is -2.33. The van der Waals surface area contributed by atoms with E-state index in [2.05, 4.69) is 10.1 Å². The van der Waals surface area contributed by atoms with Crippen LogP contribution in [-0.4, -0.2) is 41.1 Å². The molecule has 0 amide bonds. The smallest absolute Gasteiger partial charge is 0.315 e. The first-order valence-electron chi connectivity index (χ1n) is 6.20. The fourth-order valence-electron chi connectivity index (χ4n) is 2.46. The monoisotopic (exact) mass is 238 g/mol. The standard InChI is InChI=1S/C11H18N4O2/c12-8-11(2-6-16-7-3-11)9-13-10-15(14-9)4-1-5-17-10/h1-8,12H2. The van der Waals surface area contributed by atoms with E-state index in [0.29, 0.717) is 12.6 Å². The Morgan fingerprint density at radius 3 is 2.82 bits per heavy atom. The van der Waals surface area contributed by atoms with Crippen molar-refractivity contribution in [3.05, 3.63) is 5.82 Å². The van der Waals surface area contributed by atoms with Gasteiger partial charge in [-0.25, -0.2) is 4.68 Å². The van der Waals surface area contributed by atoms with Crippen molar-refractivity contribution >= 4 is 0 Å². The number of hydrogen-bond acceptors (Lipinski definition) is 5. The summed E-state index contributed by atoms with van der Waals surface area (Å²) in [6, 6.07) is 0.644. The number of ether oxygens (including phenoxy) is 2. The van der Waals surface area contributed by atoms with Crippen molar-refractivity contribution < 1.29 is 9.47 Å². The molecule has 1 fully saturated rings. The second-order valence-electron chi connectivity index (χ2n) is 4.74. The minimum Gasteiger partial charge on any atom is -0.464 e. The van der Waals surface area contributed by atoms with E-state index in [4.69, 9.17) is 15.2 Å². The van der Waals surface area contributed by atoms with Crippen molar-refractivity contribution in [2.24, 2.45) is 5.73 Å². The van der Waals surface area contributed by atoms with E-state index in [1.807, 2.05) is 4.68 Å². The minimum absolute atomic E-state index is 0.119. The van der Waals surface area contributed by atoms with Crippen LogP contribution in [0.5, 0.6) is 6.01 Å². The van der Waals surface area contributed by atoms with E-state index in [0.717, 1.165) is 51.5 Å². The molecular formula is C11H18N4O2. The molecule has 6 nitrogen and oxygen atoms in total. The second-order valence-corrected chi connectivity index (χ2v) is 4.74. The summed E-state index contributed by atoms with van der Waals surface area (Å²) in [5.41, 5.74) is 5.82. The number of rotatable bonds is 2. The van der Waals surface area contributed by atoms with E-state index < -0.39 is 0 Å². The molecule has 2 aliphatic rings. The zero-order valence-corrected chi connectivity index (χ0v) is 9.89. The quantitative estimate of drug-likeness (QED) is 0.789. The van der Waals surface area contributed by atoms with Gasteiger partial charge in [0.2, 0.25) is 0 Å². The molecule has 0 atom stereocenters. The van der Waals surface area contributed by atoms with Gasteiger partial charge in [-0.1, -0.05) is 0 Å². The Labute approximate surface area is 100 Å². The molecule has 2 aliphatic heterocycles. The van der Waals surface area contributed by atoms with Gasteiger partial charge in [0.15, 0.2) is 5.82 Å². The Balaban J connectivity index is 1.93. The average molecular weight is 238 g/mol. The third-order valence-corrected chi connectivity index (χ3v) is 3.70. The van der Waals surface area contributed by atoms with E-state index in [-0.39, 0.29) is 5.41 Å². The molecule has 3 heterocycles. The van der Waals surface area contributed by atoms with Gasteiger partial charge in [0, 0.05) is 38.1 Å². The zero-order valence-electron chi connectivity index (χ0n) is 9.89. The van der Waals surface area contributed by atoms with Crippen LogP contribution in [0.25, 0.3) is 0 Å². The van der Waals surface area contributed by atoms with Gasteiger partial charge in [-0.05, 0) is 12.8 Å². The lowest BCUT2D eigenvalue weighted by atomic mass is 9.79. The maximum absolute atomic E-state index is 5.94. The summed E-state index contributed by atoms with van der Waals surface area (Å²) >= 11 is 0. The highest BCUT2D eigenvalue weighted by atomic mass is 16.5. The van der Waals surface area contributed by atoms with Crippen LogP contribution < -0.4 is 10.5 Å². The van der Waals surface area contributed by atoms with Gasteiger partial charge in [-0.15, -0.1) is 0 Å². The number of aromatic nitrogens is 3. The first-order valence-corrected chi connectivity index (χ1v) is 6.20. The molecule has 1 saturated heterocycles. The first-order chi connectivity index (χ1) is 8.34. The predicted octanol–water partition coefficient (Wildman–Crippen LogP) is 0.0675. The molecular weight excluding hydrogens is 220 g/mol. The summed E-state index contributed by atoms with van der Waals surface area (Å²) in [5.74, 6) is 0.834. The fourth-order valence-corrected chi connectivity index (χ4v) is 2.46. The van der Waals surface area contributed by atoms with Crippen molar-refractivity contribution in [1.82, 2.24) is 14.8 Å². The summed E-state index contributed by atoms with van der Waals surface area (Å²) < 4.78 is 12.8. The van der Waals surface area contributed by atoms with Gasteiger partial charge in [-0.3, -0.25) is 0 Å². The molecule has 3 rings (SSSR count). The number of nitrogens with two attached hydrogens (primary N) is 1. The molecule has 1 aromatic heterocycles. The van der Waals surface area contributed by atoms with E-state index in [9.17, 15) is 0 Å². The molecule has 2 N–H and O–H groups in total. The number of aryl methyl sites for hydroxylation is 1. The summed E-state index contributed by atoms with van der Waals surface area (Å²) in [6.07, 6.45) is 2.79. The van der Waals surface area contributed by atoms with Gasteiger partial charge in [0.1, 0.15) is 0 Å². The Bertz CT molecular complexity index is 375. The van der Waals surface area contributed by atoms with Gasteiger partial charge in [0.25, 0.3) is 0 Å². The fraction of sp³-hybridized carbons (Fsp3) is 0.818. The van der Waals surface area contributed by atoms with Gasteiger partial charge in [-0.2, -0.15) is 10.1 Å². The largest absolute Gasteiger partial charge is 0.464 e. The molecule has 0 aromatic carbocycles. The number of hydrogen-bond donors (Lipinski definition) is 1. The Kier molecular flexibility index (Phi) is 2.76. The van der Waals surface area contributed by atoms with Gasteiger partial charge < -0.3 is 15.2 Å². The Hall–Kier alpha value is -1.14. The summed E-state index contributed by atoms with van der Waals surface area (Å²) in [6.45, 7) is 3.67. The lowest BCUT2D eigenvalue weighted by Crippen LogP contribution is -2.41. The molecule has 17 heavy (non-hydrogen) atoms. The lowest BCUT2D eigenvalue weighted by molar-refractivity contribution is 0.0498. The average Bonchev–Trinajstić information content (AvgIpc) is 2.84. The van der Waals surface area contributed by atoms with Crippen LogP contribution in [-0.2, 0) is 16.7 Å². The first kappa shape index (κ1) is 11.0. The van der Waals surface area contributed by atoms with E-state index in [1.54, 1.807) is 0 Å². The van der Waals surface area contributed by atoms with Crippen molar-refractivity contribution in [3.63, 3.8) is 0 Å². The van der Waals surface area contributed by atoms with Crippen LogP contribution in [0.1, 0.15) is 25.1 Å². The maximum atomic E-state index is 5.94. The molecule has 0 aliphatic carbocycles. The molecule has 1 aromatic rings. The van der Waals surface area contributed by atoms with Crippen molar-refractivity contribution in [2.75, 3.05) is 26.4 Å². The van der Waals surface area contributed by atoms with Crippen molar-refractivity contribution in [1.29, 1.82) is 0 Å². The van der Waals surface area contributed by atoms with Crippen LogP contribution in [0.15, 0.2) is 0 Å². The summed E-state index contributed by atoms with van der Waals surface area (Å²) in [7, 11) is 0. The number of fused-ring (bicyclic) bond motifs is 1. The molecule has 0 radical (unpaired) electrons. The summed E-state index contributed by atoms with van der Waals surface area (Å²) in [5, 5.41) is 4.56. The van der Waals surface area contributed by atoms with Crippen LogP contribution in [0.4, 0.5) is 0 Å². The van der Waals surface area contributed by atoms with Crippen LogP contribution >= 0.6 is 0 Å². The minimum atomic E-state index is -0.119. The molecule has 0 bridgehead atoms. The van der Waals surface area contributed by atoms with E-state index >= 15 is 0 Å². The second kappa shape index (κ2) is 4.27. The SMILES string of the molecule is NCC1(c2nc3n(n2)CCCO3)CCOCC1. The molecule has 0 unspecified atom stereocenters. The normalized spacial score (nSPS) is 22.9. The highest BCUT2D eigenvalue weighted by Crippen LogP contribution is 2.33. The topological polar surface area (TPSA) is 75.2 Å². The van der Waals surface area contributed by atoms with Crippen LogP contribution in [0.3, 0.4) is 0 Å². The Morgan fingerprint density at radius 2 is 2.12 bits per heavy atom. The van der Waals surface area contributed by atoms with Crippen LogP contribution in [0.2, 0.25) is 0 Å². The van der Waals surface area contributed by atoms with Crippen LogP contribution in [0, 0.1) is 0 Å². The third-order valence-electron chi connectivity index (χ3n) is 3.70. The molecule has 6 heteroatoms.